The lowest BCUT2D eigenvalue weighted by atomic mass is 10.1. The second kappa shape index (κ2) is 5.35. The Kier molecular flexibility index (Phi) is 3.53. The topological polar surface area (TPSA) is 62.5 Å². The molecule has 1 atom stereocenters. The van der Waals surface area contributed by atoms with E-state index in [-0.39, 0.29) is 18.2 Å². The number of thiophene rings is 1. The van der Waals surface area contributed by atoms with Crippen molar-refractivity contribution >= 4 is 28.2 Å². The van der Waals surface area contributed by atoms with Gasteiger partial charge in [0.2, 0.25) is 0 Å². The first-order valence-corrected chi connectivity index (χ1v) is 7.47. The monoisotopic (exact) mass is 301 g/mol. The fourth-order valence-electron chi connectivity index (χ4n) is 2.11. The predicted molar refractivity (Wildman–Crippen MR) is 82.4 cm³/mol. The van der Waals surface area contributed by atoms with E-state index in [1.54, 1.807) is 13.0 Å². The number of carbonyl (C=O) groups excluding carboxylic acids is 1. The smallest absolute Gasteiger partial charge is 0.287 e. The third kappa shape index (κ3) is 2.84. The predicted octanol–water partition coefficient (Wildman–Crippen LogP) is 3.13. The highest BCUT2D eigenvalue weighted by molar-refractivity contribution is 7.10. The van der Waals surface area contributed by atoms with Crippen LogP contribution in [0.1, 0.15) is 22.4 Å². The lowest BCUT2D eigenvalue weighted by Gasteiger charge is -2.21. The van der Waals surface area contributed by atoms with Crippen LogP contribution in [0, 0.1) is 0 Å². The molecule has 2 aromatic heterocycles. The van der Waals surface area contributed by atoms with Gasteiger partial charge in [0.15, 0.2) is 5.76 Å². The molecule has 0 radical (unpaired) electrons. The molecule has 0 aliphatic carbocycles. The van der Waals surface area contributed by atoms with Crippen molar-refractivity contribution in [3.8, 4) is 0 Å². The summed E-state index contributed by atoms with van der Waals surface area (Å²) in [6.45, 7) is 1.81. The number of para-hydroxylation sites is 1. The van der Waals surface area contributed by atoms with Gasteiger partial charge in [0, 0.05) is 10.3 Å². The average Bonchev–Trinajstić information content (AvgIpc) is 3.13. The quantitative estimate of drug-likeness (QED) is 0.778. The molecule has 108 valence electrons. The molecule has 0 saturated carbocycles. The molecular weight excluding hydrogens is 286 g/mol. The van der Waals surface area contributed by atoms with Crippen molar-refractivity contribution < 1.29 is 14.3 Å². The number of hydrogen-bond donors (Lipinski definition) is 2. The van der Waals surface area contributed by atoms with Crippen LogP contribution in [-0.2, 0) is 5.60 Å². The third-order valence-electron chi connectivity index (χ3n) is 3.29. The minimum Gasteiger partial charge on any atom is -0.451 e. The summed E-state index contributed by atoms with van der Waals surface area (Å²) >= 11 is 1.46. The van der Waals surface area contributed by atoms with Gasteiger partial charge < -0.3 is 14.8 Å². The normalized spacial score (nSPS) is 14.0. The summed E-state index contributed by atoms with van der Waals surface area (Å²) in [5.41, 5.74) is -0.414. The summed E-state index contributed by atoms with van der Waals surface area (Å²) in [6.07, 6.45) is 0. The molecule has 4 nitrogen and oxygen atoms in total. The fraction of sp³-hybridized carbons (Fsp3) is 0.188. The highest BCUT2D eigenvalue weighted by Gasteiger charge is 2.25. The zero-order valence-corrected chi connectivity index (χ0v) is 12.3. The molecule has 0 aliphatic heterocycles. The molecule has 0 spiro atoms. The molecule has 3 rings (SSSR count). The van der Waals surface area contributed by atoms with E-state index >= 15 is 0 Å². The number of furan rings is 1. The van der Waals surface area contributed by atoms with Gasteiger partial charge in [-0.25, -0.2) is 0 Å². The molecule has 1 amide bonds. The number of rotatable bonds is 4. The molecule has 0 unspecified atom stereocenters. The number of amides is 1. The van der Waals surface area contributed by atoms with Crippen molar-refractivity contribution in [3.63, 3.8) is 0 Å². The fourth-order valence-corrected chi connectivity index (χ4v) is 2.89. The second-order valence-corrected chi connectivity index (χ2v) is 6.03. The van der Waals surface area contributed by atoms with Gasteiger partial charge in [-0.2, -0.15) is 0 Å². The number of aliphatic hydroxyl groups is 1. The van der Waals surface area contributed by atoms with Crippen LogP contribution >= 0.6 is 11.3 Å². The number of fused-ring (bicyclic) bond motifs is 1. The maximum absolute atomic E-state index is 12.1. The van der Waals surface area contributed by atoms with Crippen LogP contribution in [-0.4, -0.2) is 17.6 Å². The van der Waals surface area contributed by atoms with Crippen molar-refractivity contribution in [1.82, 2.24) is 5.32 Å². The van der Waals surface area contributed by atoms with Gasteiger partial charge in [-0.1, -0.05) is 24.3 Å². The van der Waals surface area contributed by atoms with E-state index in [0.717, 1.165) is 10.3 Å². The molecule has 2 heterocycles. The Balaban J connectivity index is 1.72. The van der Waals surface area contributed by atoms with Gasteiger partial charge in [-0.05, 0) is 30.5 Å². The van der Waals surface area contributed by atoms with E-state index in [0.29, 0.717) is 5.58 Å². The Morgan fingerprint density at radius 3 is 2.86 bits per heavy atom. The Labute approximate surface area is 126 Å². The van der Waals surface area contributed by atoms with Crippen LogP contribution in [0.5, 0.6) is 0 Å². The summed E-state index contributed by atoms with van der Waals surface area (Å²) < 4.78 is 5.49. The van der Waals surface area contributed by atoms with Gasteiger partial charge in [0.05, 0.1) is 6.54 Å². The van der Waals surface area contributed by atoms with Gasteiger partial charge >= 0.3 is 0 Å². The van der Waals surface area contributed by atoms with E-state index in [1.807, 2.05) is 41.8 Å². The van der Waals surface area contributed by atoms with Crippen LogP contribution < -0.4 is 5.32 Å². The molecule has 0 fully saturated rings. The molecule has 1 aromatic carbocycles. The first-order valence-electron chi connectivity index (χ1n) is 6.59. The molecule has 0 saturated heterocycles. The number of hydrogen-bond acceptors (Lipinski definition) is 4. The van der Waals surface area contributed by atoms with E-state index in [1.165, 1.54) is 11.3 Å². The molecule has 0 bridgehead atoms. The highest BCUT2D eigenvalue weighted by atomic mass is 32.1. The Morgan fingerprint density at radius 2 is 2.14 bits per heavy atom. The first kappa shape index (κ1) is 13.9. The Bertz CT molecular complexity index is 726. The summed E-state index contributed by atoms with van der Waals surface area (Å²) in [6, 6.07) is 12.9. The number of nitrogens with one attached hydrogen (secondary N) is 1. The summed E-state index contributed by atoms with van der Waals surface area (Å²) in [5, 5.41) is 15.9. The number of carbonyl (C=O) groups is 1. The minimum absolute atomic E-state index is 0.128. The van der Waals surface area contributed by atoms with Crippen LogP contribution in [0.2, 0.25) is 0 Å². The van der Waals surface area contributed by atoms with Crippen LogP contribution in [0.3, 0.4) is 0 Å². The van der Waals surface area contributed by atoms with Gasteiger partial charge in [0.1, 0.15) is 11.2 Å². The molecule has 0 aliphatic rings. The number of benzene rings is 1. The Morgan fingerprint density at radius 1 is 1.33 bits per heavy atom. The summed E-state index contributed by atoms with van der Waals surface area (Å²) in [7, 11) is 0. The van der Waals surface area contributed by atoms with Crippen LogP contribution in [0.4, 0.5) is 0 Å². The third-order valence-corrected chi connectivity index (χ3v) is 4.42. The SMILES string of the molecule is C[C@@](O)(CNC(=O)c1cc2ccccc2o1)c1cccs1. The lowest BCUT2D eigenvalue weighted by Crippen LogP contribution is -2.37. The maximum atomic E-state index is 12.1. The van der Waals surface area contributed by atoms with Crippen molar-refractivity contribution in [2.45, 2.75) is 12.5 Å². The standard InChI is InChI=1S/C16H15NO3S/c1-16(19,14-7-4-8-21-14)10-17-15(18)13-9-11-5-2-3-6-12(11)20-13/h2-9,19H,10H2,1H3,(H,17,18)/t16-/m1/s1. The zero-order chi connectivity index (χ0) is 14.9. The first-order chi connectivity index (χ1) is 10.1. The molecular formula is C16H15NO3S. The molecule has 21 heavy (non-hydrogen) atoms. The maximum Gasteiger partial charge on any atom is 0.287 e. The summed E-state index contributed by atoms with van der Waals surface area (Å²) in [5.74, 6) is -0.0822. The van der Waals surface area contributed by atoms with E-state index in [9.17, 15) is 9.90 Å². The average molecular weight is 301 g/mol. The second-order valence-electron chi connectivity index (χ2n) is 5.08. The van der Waals surface area contributed by atoms with Crippen LogP contribution in [0.15, 0.2) is 52.3 Å². The molecule has 2 N–H and O–H groups in total. The molecule has 3 aromatic rings. The van der Waals surface area contributed by atoms with Crippen LogP contribution in [0.25, 0.3) is 11.0 Å². The zero-order valence-electron chi connectivity index (χ0n) is 11.5. The molecule has 5 heteroatoms. The van der Waals surface area contributed by atoms with E-state index in [4.69, 9.17) is 4.42 Å². The van der Waals surface area contributed by atoms with Gasteiger partial charge in [-0.15, -0.1) is 11.3 Å². The van der Waals surface area contributed by atoms with Crippen molar-refractivity contribution in [2.75, 3.05) is 6.54 Å². The largest absolute Gasteiger partial charge is 0.451 e. The Hall–Kier alpha value is -2.11. The van der Waals surface area contributed by atoms with E-state index < -0.39 is 5.60 Å². The highest BCUT2D eigenvalue weighted by Crippen LogP contribution is 2.24. The van der Waals surface area contributed by atoms with Crippen molar-refractivity contribution in [2.24, 2.45) is 0 Å². The minimum atomic E-state index is -1.09. The summed E-state index contributed by atoms with van der Waals surface area (Å²) in [4.78, 5) is 12.9. The van der Waals surface area contributed by atoms with Gasteiger partial charge in [0.25, 0.3) is 5.91 Å². The van der Waals surface area contributed by atoms with Crippen molar-refractivity contribution in [1.29, 1.82) is 0 Å². The van der Waals surface area contributed by atoms with Gasteiger partial charge in [-0.3, -0.25) is 4.79 Å². The van der Waals surface area contributed by atoms with Crippen molar-refractivity contribution in [3.05, 3.63) is 58.5 Å². The lowest BCUT2D eigenvalue weighted by molar-refractivity contribution is 0.0549. The van der Waals surface area contributed by atoms with E-state index in [2.05, 4.69) is 5.32 Å².